The summed E-state index contributed by atoms with van der Waals surface area (Å²) in [4.78, 5) is 0. The van der Waals surface area contributed by atoms with Gasteiger partial charge in [0.15, 0.2) is 0 Å². The Labute approximate surface area is 93.1 Å². The molecule has 0 saturated carbocycles. The number of nitrogens with two attached hydrogens (primary N) is 1. The molecule has 0 aromatic heterocycles. The molecule has 1 rings (SSSR count). The summed E-state index contributed by atoms with van der Waals surface area (Å²) in [6, 6.07) is 0. The Morgan fingerprint density at radius 2 is 2.40 bits per heavy atom. The average molecular weight is 212 g/mol. The molecular weight excluding hydrogens is 188 g/mol. The SMILES string of the molecule is C/C=C/CCNC1(CN)CCOC(C)C1. The molecule has 0 aliphatic carbocycles. The third-order valence-corrected chi connectivity index (χ3v) is 3.10. The lowest BCUT2D eigenvalue weighted by molar-refractivity contribution is -0.0159. The minimum atomic E-state index is 0.110. The van der Waals surface area contributed by atoms with E-state index in [1.54, 1.807) is 0 Å². The fourth-order valence-electron chi connectivity index (χ4n) is 2.17. The summed E-state index contributed by atoms with van der Waals surface area (Å²) in [6.07, 6.45) is 7.73. The normalized spacial score (nSPS) is 32.3. The molecule has 0 bridgehead atoms. The minimum absolute atomic E-state index is 0.110. The fourth-order valence-corrected chi connectivity index (χ4v) is 2.17. The van der Waals surface area contributed by atoms with E-state index >= 15 is 0 Å². The van der Waals surface area contributed by atoms with E-state index in [1.807, 2.05) is 0 Å². The van der Waals surface area contributed by atoms with E-state index in [4.69, 9.17) is 10.5 Å². The van der Waals surface area contributed by atoms with E-state index in [-0.39, 0.29) is 5.54 Å². The molecule has 1 heterocycles. The maximum absolute atomic E-state index is 5.88. The van der Waals surface area contributed by atoms with E-state index in [0.29, 0.717) is 12.6 Å². The van der Waals surface area contributed by atoms with Gasteiger partial charge < -0.3 is 15.8 Å². The van der Waals surface area contributed by atoms with Gasteiger partial charge in [-0.3, -0.25) is 0 Å². The molecule has 0 aromatic rings. The highest BCUT2D eigenvalue weighted by Crippen LogP contribution is 2.23. The Kier molecular flexibility index (Phi) is 5.29. The van der Waals surface area contributed by atoms with Crippen LogP contribution in [0, 0.1) is 0 Å². The first-order valence-electron chi connectivity index (χ1n) is 5.90. The lowest BCUT2D eigenvalue weighted by Gasteiger charge is -2.40. The Morgan fingerprint density at radius 3 is 3.00 bits per heavy atom. The fraction of sp³-hybridized carbons (Fsp3) is 0.833. The Morgan fingerprint density at radius 1 is 1.60 bits per heavy atom. The van der Waals surface area contributed by atoms with Crippen molar-refractivity contribution in [2.75, 3.05) is 19.7 Å². The first kappa shape index (κ1) is 12.7. The molecule has 2 atom stereocenters. The van der Waals surface area contributed by atoms with E-state index < -0.39 is 0 Å². The molecule has 3 heteroatoms. The molecule has 1 fully saturated rings. The van der Waals surface area contributed by atoms with Crippen LogP contribution >= 0.6 is 0 Å². The second-order valence-electron chi connectivity index (χ2n) is 4.40. The van der Waals surface area contributed by atoms with Crippen LogP contribution in [0.2, 0.25) is 0 Å². The van der Waals surface area contributed by atoms with Crippen molar-refractivity contribution in [1.82, 2.24) is 5.32 Å². The van der Waals surface area contributed by atoms with Gasteiger partial charge >= 0.3 is 0 Å². The molecule has 1 aliphatic rings. The van der Waals surface area contributed by atoms with Crippen LogP contribution in [-0.2, 0) is 4.74 Å². The van der Waals surface area contributed by atoms with Crippen molar-refractivity contribution in [3.8, 4) is 0 Å². The zero-order valence-corrected chi connectivity index (χ0v) is 9.96. The lowest BCUT2D eigenvalue weighted by atomic mass is 9.87. The number of hydrogen-bond donors (Lipinski definition) is 2. The number of rotatable bonds is 5. The maximum Gasteiger partial charge on any atom is 0.0565 e. The van der Waals surface area contributed by atoms with Crippen LogP contribution in [0.15, 0.2) is 12.2 Å². The van der Waals surface area contributed by atoms with Crippen molar-refractivity contribution < 1.29 is 4.74 Å². The molecule has 3 N–H and O–H groups in total. The van der Waals surface area contributed by atoms with Crippen LogP contribution in [0.1, 0.15) is 33.1 Å². The number of allylic oxidation sites excluding steroid dienone is 1. The molecule has 88 valence electrons. The highest BCUT2D eigenvalue weighted by Gasteiger charge is 2.33. The average Bonchev–Trinajstić information content (AvgIpc) is 2.25. The van der Waals surface area contributed by atoms with Gasteiger partial charge in [0.25, 0.3) is 0 Å². The van der Waals surface area contributed by atoms with Crippen LogP contribution in [0.25, 0.3) is 0 Å². The summed E-state index contributed by atoms with van der Waals surface area (Å²) < 4.78 is 5.55. The molecule has 0 spiro atoms. The molecule has 0 radical (unpaired) electrons. The van der Waals surface area contributed by atoms with Crippen molar-refractivity contribution in [2.45, 2.75) is 44.8 Å². The summed E-state index contributed by atoms with van der Waals surface area (Å²) in [6.45, 7) is 6.71. The molecule has 3 nitrogen and oxygen atoms in total. The lowest BCUT2D eigenvalue weighted by Crippen LogP contribution is -2.56. The highest BCUT2D eigenvalue weighted by molar-refractivity contribution is 4.94. The summed E-state index contributed by atoms with van der Waals surface area (Å²) in [5.74, 6) is 0. The van der Waals surface area contributed by atoms with Gasteiger partial charge in [0.2, 0.25) is 0 Å². The molecule has 1 saturated heterocycles. The van der Waals surface area contributed by atoms with Gasteiger partial charge in [-0.25, -0.2) is 0 Å². The third kappa shape index (κ3) is 3.93. The van der Waals surface area contributed by atoms with Gasteiger partial charge in [0.05, 0.1) is 6.10 Å². The molecular formula is C12H24N2O. The molecule has 1 aliphatic heterocycles. The van der Waals surface area contributed by atoms with Crippen molar-refractivity contribution in [3.05, 3.63) is 12.2 Å². The van der Waals surface area contributed by atoms with Crippen LogP contribution < -0.4 is 11.1 Å². The number of nitrogens with one attached hydrogen (secondary N) is 1. The van der Waals surface area contributed by atoms with Gasteiger partial charge in [-0.15, -0.1) is 0 Å². The van der Waals surface area contributed by atoms with Gasteiger partial charge in [-0.1, -0.05) is 12.2 Å². The zero-order chi connectivity index (χ0) is 11.1. The van der Waals surface area contributed by atoms with Crippen LogP contribution in [0.4, 0.5) is 0 Å². The van der Waals surface area contributed by atoms with E-state index in [1.165, 1.54) is 0 Å². The second kappa shape index (κ2) is 6.26. The first-order valence-corrected chi connectivity index (χ1v) is 5.90. The largest absolute Gasteiger partial charge is 0.378 e. The molecule has 2 unspecified atom stereocenters. The summed E-state index contributed by atoms with van der Waals surface area (Å²) in [5.41, 5.74) is 5.99. The predicted molar refractivity (Wildman–Crippen MR) is 63.9 cm³/mol. The summed E-state index contributed by atoms with van der Waals surface area (Å²) in [7, 11) is 0. The van der Waals surface area contributed by atoms with E-state index in [9.17, 15) is 0 Å². The number of ether oxygens (including phenoxy) is 1. The molecule has 0 aromatic carbocycles. The third-order valence-electron chi connectivity index (χ3n) is 3.10. The van der Waals surface area contributed by atoms with Crippen molar-refractivity contribution in [1.29, 1.82) is 0 Å². The second-order valence-corrected chi connectivity index (χ2v) is 4.40. The topological polar surface area (TPSA) is 47.3 Å². The predicted octanol–water partition coefficient (Wildman–Crippen LogP) is 1.44. The van der Waals surface area contributed by atoms with Crippen molar-refractivity contribution >= 4 is 0 Å². The highest BCUT2D eigenvalue weighted by atomic mass is 16.5. The Bertz CT molecular complexity index is 206. The first-order chi connectivity index (χ1) is 7.22. The van der Waals surface area contributed by atoms with Crippen LogP contribution in [0.5, 0.6) is 0 Å². The Hall–Kier alpha value is -0.380. The van der Waals surface area contributed by atoms with Gasteiger partial charge in [-0.2, -0.15) is 0 Å². The zero-order valence-electron chi connectivity index (χ0n) is 9.96. The van der Waals surface area contributed by atoms with Gasteiger partial charge in [0, 0.05) is 18.7 Å². The van der Waals surface area contributed by atoms with E-state index in [2.05, 4.69) is 31.3 Å². The quantitative estimate of drug-likeness (QED) is 0.535. The minimum Gasteiger partial charge on any atom is -0.378 e. The van der Waals surface area contributed by atoms with Crippen molar-refractivity contribution in [2.24, 2.45) is 5.73 Å². The number of hydrogen-bond acceptors (Lipinski definition) is 3. The van der Waals surface area contributed by atoms with Crippen molar-refractivity contribution in [3.63, 3.8) is 0 Å². The standard InChI is InChI=1S/C12H24N2O/c1-3-4-5-7-14-12(10-13)6-8-15-11(2)9-12/h3-4,11,14H,5-10,13H2,1-2H3/b4-3+. The monoisotopic (exact) mass is 212 g/mol. The van der Waals surface area contributed by atoms with Gasteiger partial charge in [0.1, 0.15) is 0 Å². The smallest absolute Gasteiger partial charge is 0.0565 e. The molecule has 15 heavy (non-hydrogen) atoms. The van der Waals surface area contributed by atoms with Gasteiger partial charge in [-0.05, 0) is 39.7 Å². The Balaban J connectivity index is 2.37. The summed E-state index contributed by atoms with van der Waals surface area (Å²) >= 11 is 0. The molecule has 0 amide bonds. The van der Waals surface area contributed by atoms with Crippen LogP contribution in [-0.4, -0.2) is 31.3 Å². The van der Waals surface area contributed by atoms with Crippen LogP contribution in [0.3, 0.4) is 0 Å². The maximum atomic E-state index is 5.88. The van der Waals surface area contributed by atoms with E-state index in [0.717, 1.165) is 32.4 Å². The summed E-state index contributed by atoms with van der Waals surface area (Å²) in [5, 5.41) is 3.59.